The number of phenols is 1. The van der Waals surface area contributed by atoms with Crippen LogP contribution in [0.5, 0.6) is 5.75 Å². The van der Waals surface area contributed by atoms with Crippen molar-refractivity contribution in [3.8, 4) is 11.4 Å². The molecule has 0 atom stereocenters. The van der Waals surface area contributed by atoms with Crippen molar-refractivity contribution in [2.24, 2.45) is 0 Å². The van der Waals surface area contributed by atoms with Crippen LogP contribution in [0.4, 0.5) is 0 Å². The number of imidazole rings is 1. The maximum Gasteiger partial charge on any atom is 0.335 e. The standard InChI is InChI=1S/C21H15ClN2O4/c22-15-4-9-18-19(11-15)24(16-5-7-17(25)8-6-16)21(28)23(18)12-13-2-1-3-14(10-13)20(26)27/h1-11,25H,12H2,(H,26,27). The van der Waals surface area contributed by atoms with Crippen LogP contribution in [0.3, 0.4) is 0 Å². The fourth-order valence-electron chi connectivity index (χ4n) is 3.22. The van der Waals surface area contributed by atoms with Crippen molar-refractivity contribution in [1.29, 1.82) is 0 Å². The highest BCUT2D eigenvalue weighted by Gasteiger charge is 2.16. The summed E-state index contributed by atoms with van der Waals surface area (Å²) >= 11 is 6.15. The fourth-order valence-corrected chi connectivity index (χ4v) is 3.39. The predicted molar refractivity (Wildman–Crippen MR) is 107 cm³/mol. The van der Waals surface area contributed by atoms with Crippen LogP contribution in [0.1, 0.15) is 15.9 Å². The Morgan fingerprint density at radius 1 is 0.964 bits per heavy atom. The molecule has 0 amide bonds. The second-order valence-electron chi connectivity index (χ2n) is 6.36. The number of rotatable bonds is 4. The lowest BCUT2D eigenvalue weighted by atomic mass is 10.1. The van der Waals surface area contributed by atoms with Gasteiger partial charge in [-0.05, 0) is 60.2 Å². The molecule has 7 heteroatoms. The van der Waals surface area contributed by atoms with Gasteiger partial charge in [-0.15, -0.1) is 0 Å². The number of carboxylic acids is 1. The molecular formula is C21H15ClN2O4. The van der Waals surface area contributed by atoms with Crippen molar-refractivity contribution in [2.75, 3.05) is 0 Å². The van der Waals surface area contributed by atoms with Crippen LogP contribution in [0.2, 0.25) is 5.02 Å². The molecule has 0 saturated heterocycles. The summed E-state index contributed by atoms with van der Waals surface area (Å²) in [4.78, 5) is 24.4. The molecule has 0 unspecified atom stereocenters. The van der Waals surface area contributed by atoms with E-state index in [-0.39, 0.29) is 23.5 Å². The highest BCUT2D eigenvalue weighted by molar-refractivity contribution is 6.31. The van der Waals surface area contributed by atoms with Crippen molar-refractivity contribution in [3.63, 3.8) is 0 Å². The van der Waals surface area contributed by atoms with Gasteiger partial charge in [-0.25, -0.2) is 9.59 Å². The van der Waals surface area contributed by atoms with Crippen molar-refractivity contribution in [3.05, 3.63) is 93.4 Å². The van der Waals surface area contributed by atoms with Crippen LogP contribution in [0, 0.1) is 0 Å². The predicted octanol–water partition coefficient (Wildman–Crippen LogP) is 3.90. The Morgan fingerprint density at radius 2 is 1.71 bits per heavy atom. The van der Waals surface area contributed by atoms with Crippen LogP contribution in [-0.4, -0.2) is 25.3 Å². The summed E-state index contributed by atoms with van der Waals surface area (Å²) < 4.78 is 3.08. The first-order chi connectivity index (χ1) is 13.4. The van der Waals surface area contributed by atoms with Gasteiger partial charge in [-0.3, -0.25) is 9.13 Å². The molecule has 4 aromatic rings. The first-order valence-electron chi connectivity index (χ1n) is 8.46. The average Bonchev–Trinajstić information content (AvgIpc) is 2.94. The number of benzene rings is 3. The smallest absolute Gasteiger partial charge is 0.335 e. The summed E-state index contributed by atoms with van der Waals surface area (Å²) in [7, 11) is 0. The zero-order valence-electron chi connectivity index (χ0n) is 14.5. The fraction of sp³-hybridized carbons (Fsp3) is 0.0476. The quantitative estimate of drug-likeness (QED) is 0.549. The number of aromatic hydroxyl groups is 1. The summed E-state index contributed by atoms with van der Waals surface area (Å²) in [5, 5.41) is 19.2. The molecule has 0 aliphatic rings. The summed E-state index contributed by atoms with van der Waals surface area (Å²) in [6.45, 7) is 0.211. The molecule has 28 heavy (non-hydrogen) atoms. The molecule has 0 aliphatic heterocycles. The molecule has 0 radical (unpaired) electrons. The summed E-state index contributed by atoms with van der Waals surface area (Å²) in [6.07, 6.45) is 0. The van der Waals surface area contributed by atoms with Crippen LogP contribution in [0.15, 0.2) is 71.5 Å². The van der Waals surface area contributed by atoms with E-state index in [9.17, 15) is 19.8 Å². The van der Waals surface area contributed by atoms with Gasteiger partial charge in [0.05, 0.1) is 28.8 Å². The number of aromatic carboxylic acids is 1. The lowest BCUT2D eigenvalue weighted by molar-refractivity contribution is 0.0696. The number of hydrogen-bond donors (Lipinski definition) is 2. The molecule has 140 valence electrons. The van der Waals surface area contributed by atoms with Crippen LogP contribution >= 0.6 is 11.6 Å². The maximum absolute atomic E-state index is 13.2. The van der Waals surface area contributed by atoms with E-state index in [0.29, 0.717) is 27.3 Å². The second-order valence-corrected chi connectivity index (χ2v) is 6.80. The van der Waals surface area contributed by atoms with E-state index in [1.807, 2.05) is 0 Å². The summed E-state index contributed by atoms with van der Waals surface area (Å²) in [5.74, 6) is -0.920. The van der Waals surface area contributed by atoms with Crippen LogP contribution in [0.25, 0.3) is 16.7 Å². The van der Waals surface area contributed by atoms with Gasteiger partial charge >= 0.3 is 11.7 Å². The van der Waals surface area contributed by atoms with E-state index < -0.39 is 5.97 Å². The molecule has 0 saturated carbocycles. The number of fused-ring (bicyclic) bond motifs is 1. The zero-order valence-corrected chi connectivity index (χ0v) is 15.3. The van der Waals surface area contributed by atoms with E-state index in [1.165, 1.54) is 22.8 Å². The van der Waals surface area contributed by atoms with Gasteiger partial charge in [0.1, 0.15) is 5.75 Å². The van der Waals surface area contributed by atoms with E-state index in [0.717, 1.165) is 0 Å². The Hall–Kier alpha value is -3.51. The highest BCUT2D eigenvalue weighted by Crippen LogP contribution is 2.23. The van der Waals surface area contributed by atoms with Gasteiger partial charge in [0.25, 0.3) is 0 Å². The second kappa shape index (κ2) is 6.90. The van der Waals surface area contributed by atoms with Crippen LogP contribution in [-0.2, 0) is 6.54 Å². The first kappa shape index (κ1) is 17.9. The number of carbonyl (C=O) groups is 1. The van der Waals surface area contributed by atoms with Crippen molar-refractivity contribution in [1.82, 2.24) is 9.13 Å². The number of carboxylic acid groups (broad SMARTS) is 1. The van der Waals surface area contributed by atoms with E-state index in [1.54, 1.807) is 53.1 Å². The Morgan fingerprint density at radius 3 is 2.43 bits per heavy atom. The number of nitrogens with zero attached hydrogens (tertiary/aromatic N) is 2. The average molecular weight is 395 g/mol. The van der Waals surface area contributed by atoms with Crippen molar-refractivity contribution in [2.45, 2.75) is 6.54 Å². The molecule has 1 aromatic heterocycles. The largest absolute Gasteiger partial charge is 0.508 e. The van der Waals surface area contributed by atoms with Gasteiger partial charge in [-0.1, -0.05) is 23.7 Å². The van der Waals surface area contributed by atoms with Crippen molar-refractivity contribution < 1.29 is 15.0 Å². The molecule has 1 heterocycles. The lowest BCUT2D eigenvalue weighted by Crippen LogP contribution is -2.23. The Bertz CT molecular complexity index is 1260. The van der Waals surface area contributed by atoms with Gasteiger partial charge < -0.3 is 10.2 Å². The summed E-state index contributed by atoms with van der Waals surface area (Å²) in [5.41, 5.74) is 2.45. The minimum Gasteiger partial charge on any atom is -0.508 e. The molecule has 6 nitrogen and oxygen atoms in total. The maximum atomic E-state index is 13.2. The van der Waals surface area contributed by atoms with E-state index in [2.05, 4.69) is 0 Å². The normalized spacial score (nSPS) is 11.0. The third-order valence-electron chi connectivity index (χ3n) is 4.51. The van der Waals surface area contributed by atoms with Crippen molar-refractivity contribution >= 4 is 28.6 Å². The monoisotopic (exact) mass is 394 g/mol. The molecule has 0 aliphatic carbocycles. The third-order valence-corrected chi connectivity index (χ3v) is 4.75. The molecule has 3 aromatic carbocycles. The number of aromatic nitrogens is 2. The zero-order chi connectivity index (χ0) is 19.8. The van der Waals surface area contributed by atoms with Gasteiger partial charge in [0.15, 0.2) is 0 Å². The molecule has 0 bridgehead atoms. The van der Waals surface area contributed by atoms with Gasteiger partial charge in [0.2, 0.25) is 0 Å². The van der Waals surface area contributed by atoms with Crippen LogP contribution < -0.4 is 5.69 Å². The lowest BCUT2D eigenvalue weighted by Gasteiger charge is -2.05. The van der Waals surface area contributed by atoms with E-state index >= 15 is 0 Å². The minimum absolute atomic E-state index is 0.101. The first-order valence-corrected chi connectivity index (χ1v) is 8.84. The SMILES string of the molecule is O=C(O)c1cccc(Cn2c(=O)n(-c3ccc(O)cc3)c3cc(Cl)ccc32)c1. The highest BCUT2D eigenvalue weighted by atomic mass is 35.5. The van der Waals surface area contributed by atoms with Gasteiger partial charge in [-0.2, -0.15) is 0 Å². The number of phenolic OH excluding ortho intramolecular Hbond substituents is 1. The Labute approximate surface area is 164 Å². The molecule has 0 fully saturated rings. The minimum atomic E-state index is -1.02. The third kappa shape index (κ3) is 3.14. The number of hydrogen-bond acceptors (Lipinski definition) is 3. The molecule has 0 spiro atoms. The summed E-state index contributed by atoms with van der Waals surface area (Å²) in [6, 6.07) is 18.0. The molecular weight excluding hydrogens is 380 g/mol. The van der Waals surface area contributed by atoms with Gasteiger partial charge in [0, 0.05) is 5.02 Å². The van der Waals surface area contributed by atoms with E-state index in [4.69, 9.17) is 11.6 Å². The Kier molecular flexibility index (Phi) is 4.41. The topological polar surface area (TPSA) is 84.5 Å². The molecule has 2 N–H and O–H groups in total. The number of halogens is 1. The molecule has 4 rings (SSSR count). The Balaban J connectivity index is 1.91.